The largest absolute Gasteiger partial charge is 1.00 e. The van der Waals surface area contributed by atoms with Gasteiger partial charge in [0, 0.05) is 12.0 Å². The first kappa shape index (κ1) is 36.2. The summed E-state index contributed by atoms with van der Waals surface area (Å²) in [6, 6.07) is 0. The minimum absolute atomic E-state index is 0. The molecule has 0 aromatic rings. The predicted molar refractivity (Wildman–Crippen MR) is 47.9 cm³/mol. The molecular weight excluding hydrogens is 278 g/mol. The average molecular weight is 292 g/mol. The van der Waals surface area contributed by atoms with Crippen LogP contribution in [0.15, 0.2) is 0 Å². The topological polar surface area (TPSA) is 150 Å². The standard InChI is InChI=1S/C2H4O5S.C2H4O3.2CH4.2Na/c3-1(4)2(5)8-7-6;3-1-2(4)5;;;;/h2,5-6H,(H,3,4);3H,1H2,(H,4,5);2*1H4;;/q;;;;2*+1/p-2. The first-order valence-corrected chi connectivity index (χ1v) is 3.43. The molecule has 11 heteroatoms. The van der Waals surface area contributed by atoms with Crippen LogP contribution in [-0.4, -0.2) is 39.3 Å². The molecule has 0 aliphatic heterocycles. The Morgan fingerprint density at radius 1 is 1.29 bits per heavy atom. The van der Waals surface area contributed by atoms with Crippen molar-refractivity contribution in [2.45, 2.75) is 20.3 Å². The van der Waals surface area contributed by atoms with E-state index in [-0.39, 0.29) is 86.0 Å². The Balaban J connectivity index is -0.0000000306. The number of carbonyl (C=O) groups excluding carboxylic acids is 1. The van der Waals surface area contributed by atoms with E-state index < -0.39 is 24.0 Å². The van der Waals surface area contributed by atoms with Gasteiger partial charge in [-0.05, 0) is 0 Å². The predicted octanol–water partition coefficient (Wildman–Crippen LogP) is -8.66. The van der Waals surface area contributed by atoms with Gasteiger partial charge in [0.15, 0.2) is 5.44 Å². The molecule has 0 aliphatic rings. The van der Waals surface area contributed by atoms with Gasteiger partial charge in [0.1, 0.15) is 6.61 Å². The van der Waals surface area contributed by atoms with Crippen LogP contribution < -0.4 is 69.5 Å². The van der Waals surface area contributed by atoms with Crippen LogP contribution in [-0.2, 0) is 13.9 Å². The molecule has 0 amide bonds. The minimum Gasteiger partial charge on any atom is -0.710 e. The molecule has 0 saturated carbocycles. The monoisotopic (exact) mass is 292 g/mol. The van der Waals surface area contributed by atoms with E-state index >= 15 is 0 Å². The smallest absolute Gasteiger partial charge is 0.710 e. The SMILES string of the molecule is C.C.O=C(O)CO.O=C([O-])C(O)SO[O-].[Na+].[Na+]. The molecule has 0 aliphatic carbocycles. The van der Waals surface area contributed by atoms with Crippen molar-refractivity contribution in [1.82, 2.24) is 0 Å². The second-order valence-corrected chi connectivity index (χ2v) is 2.16. The molecule has 0 heterocycles. The minimum atomic E-state index is -1.90. The molecule has 0 bridgehead atoms. The van der Waals surface area contributed by atoms with Gasteiger partial charge in [-0.2, -0.15) is 0 Å². The first-order valence-electron chi connectivity index (χ1n) is 2.62. The molecule has 0 rings (SSSR count). The van der Waals surface area contributed by atoms with Crippen LogP contribution in [0.25, 0.3) is 0 Å². The van der Waals surface area contributed by atoms with E-state index in [2.05, 4.69) is 4.33 Å². The number of rotatable bonds is 4. The van der Waals surface area contributed by atoms with Crippen LogP contribution in [0.5, 0.6) is 0 Å². The zero-order valence-electron chi connectivity index (χ0n) is 8.08. The molecule has 17 heavy (non-hydrogen) atoms. The van der Waals surface area contributed by atoms with Crippen molar-refractivity contribution in [1.29, 1.82) is 0 Å². The summed E-state index contributed by atoms with van der Waals surface area (Å²) < 4.78 is 2.96. The maximum absolute atomic E-state index is 9.49. The Labute approximate surface area is 148 Å². The Morgan fingerprint density at radius 2 is 1.59 bits per heavy atom. The summed E-state index contributed by atoms with van der Waals surface area (Å²) in [5, 5.41) is 41.7. The van der Waals surface area contributed by atoms with E-state index in [1.54, 1.807) is 0 Å². The number of carboxylic acids is 2. The van der Waals surface area contributed by atoms with Crippen LogP contribution >= 0.6 is 12.0 Å². The fraction of sp³-hybridized carbons (Fsp3) is 0.667. The van der Waals surface area contributed by atoms with Gasteiger partial charge in [0.2, 0.25) is 0 Å². The Kier molecular flexibility index (Phi) is 55.0. The number of carboxylic acid groups (broad SMARTS) is 2. The second-order valence-electron chi connectivity index (χ2n) is 1.39. The van der Waals surface area contributed by atoms with Gasteiger partial charge in [0.05, 0.1) is 5.97 Å². The van der Waals surface area contributed by atoms with Crippen LogP contribution in [0.3, 0.4) is 0 Å². The third-order valence-corrected chi connectivity index (χ3v) is 0.921. The molecule has 0 fully saturated rings. The first-order chi connectivity index (χ1) is 5.95. The van der Waals surface area contributed by atoms with Gasteiger partial charge in [-0.3, -0.25) is 0 Å². The molecule has 8 nitrogen and oxygen atoms in total. The zero-order valence-corrected chi connectivity index (χ0v) is 12.9. The number of hydrogen-bond donors (Lipinski definition) is 3. The van der Waals surface area contributed by atoms with Crippen molar-refractivity contribution < 1.29 is 98.7 Å². The molecule has 0 aromatic carbocycles. The second kappa shape index (κ2) is 25.9. The number of aliphatic hydroxyl groups excluding tert-OH is 2. The van der Waals surface area contributed by atoms with Gasteiger partial charge >= 0.3 is 65.1 Å². The zero-order chi connectivity index (χ0) is 10.9. The maximum atomic E-state index is 9.49. The summed E-state index contributed by atoms with van der Waals surface area (Å²) in [6.07, 6.45) is 0. The summed E-state index contributed by atoms with van der Waals surface area (Å²) in [5.74, 6) is -2.93. The number of carbonyl (C=O) groups is 2. The van der Waals surface area contributed by atoms with E-state index in [0.29, 0.717) is 0 Å². The van der Waals surface area contributed by atoms with E-state index in [1.165, 1.54) is 0 Å². The summed E-state index contributed by atoms with van der Waals surface area (Å²) >= 11 is -0.123. The van der Waals surface area contributed by atoms with Gasteiger partial charge in [-0.25, -0.2) is 4.79 Å². The summed E-state index contributed by atoms with van der Waals surface area (Å²) in [7, 11) is 0. The average Bonchev–Trinajstić information content (AvgIpc) is 2.06. The van der Waals surface area contributed by atoms with Crippen molar-refractivity contribution in [2.75, 3.05) is 6.61 Å². The molecule has 1 atom stereocenters. The molecule has 3 N–H and O–H groups in total. The van der Waals surface area contributed by atoms with Gasteiger partial charge < -0.3 is 34.8 Å². The van der Waals surface area contributed by atoms with E-state index in [0.717, 1.165) is 0 Å². The Morgan fingerprint density at radius 3 is 1.65 bits per heavy atom. The molecule has 0 aromatic heterocycles. The van der Waals surface area contributed by atoms with Crippen molar-refractivity contribution >= 4 is 24.0 Å². The van der Waals surface area contributed by atoms with Crippen molar-refractivity contribution in [3.8, 4) is 0 Å². The Bertz CT molecular complexity index is 170. The third kappa shape index (κ3) is 38.2. The van der Waals surface area contributed by atoms with Crippen molar-refractivity contribution in [3.05, 3.63) is 0 Å². The number of aliphatic carboxylic acids is 2. The molecule has 94 valence electrons. The van der Waals surface area contributed by atoms with Gasteiger partial charge in [-0.1, -0.05) is 14.9 Å². The van der Waals surface area contributed by atoms with E-state index in [1.807, 2.05) is 0 Å². The van der Waals surface area contributed by atoms with E-state index in [9.17, 15) is 9.90 Å². The summed E-state index contributed by atoms with van der Waals surface area (Å²) in [5.41, 5.74) is -1.90. The number of aliphatic hydroxyl groups is 2. The summed E-state index contributed by atoms with van der Waals surface area (Å²) in [4.78, 5) is 18.6. The van der Waals surface area contributed by atoms with Crippen LogP contribution in [0.2, 0.25) is 0 Å². The maximum Gasteiger partial charge on any atom is 1.00 e. The third-order valence-electron chi connectivity index (χ3n) is 0.467. The fourth-order valence-electron chi connectivity index (χ4n) is 0.0765. The van der Waals surface area contributed by atoms with Crippen molar-refractivity contribution in [2.24, 2.45) is 0 Å². The molecular formula is C6H14Na2O8S. The van der Waals surface area contributed by atoms with Crippen LogP contribution in [0.1, 0.15) is 14.9 Å². The molecule has 0 spiro atoms. The van der Waals surface area contributed by atoms with Gasteiger partial charge in [-0.15, -0.1) is 0 Å². The van der Waals surface area contributed by atoms with Crippen LogP contribution in [0.4, 0.5) is 0 Å². The molecule has 1 unspecified atom stereocenters. The van der Waals surface area contributed by atoms with Crippen LogP contribution in [0, 0.1) is 0 Å². The summed E-state index contributed by atoms with van der Waals surface area (Å²) in [6.45, 7) is -0.778. The van der Waals surface area contributed by atoms with Gasteiger partial charge in [0.25, 0.3) is 0 Å². The number of hydrogen-bond acceptors (Lipinski definition) is 8. The molecule has 0 saturated heterocycles. The fourth-order valence-corrected chi connectivity index (χ4v) is 0.229. The van der Waals surface area contributed by atoms with E-state index in [4.69, 9.17) is 25.4 Å². The van der Waals surface area contributed by atoms with Crippen molar-refractivity contribution in [3.63, 3.8) is 0 Å². The molecule has 0 radical (unpaired) electrons. The Hall–Kier alpha value is 1.13. The quantitative estimate of drug-likeness (QED) is 0.151. The normalized spacial score (nSPS) is 8.41.